The molecule has 1 aromatic carbocycles. The van der Waals surface area contributed by atoms with Crippen LogP contribution in [0.15, 0.2) is 46.1 Å². The molecule has 0 fully saturated rings. The van der Waals surface area contributed by atoms with Crippen molar-refractivity contribution >= 4 is 27.8 Å². The fraction of sp³-hybridized carbons (Fsp3) is 0.368. The molecule has 0 aliphatic rings. The van der Waals surface area contributed by atoms with Crippen molar-refractivity contribution in [3.8, 4) is 0 Å². The van der Waals surface area contributed by atoms with Crippen LogP contribution in [0.5, 0.6) is 0 Å². The molecule has 2 aromatic heterocycles. The zero-order chi connectivity index (χ0) is 18.5. The molecule has 0 saturated carbocycles. The number of aromatic amines is 1. The lowest BCUT2D eigenvalue weighted by Gasteiger charge is -2.22. The van der Waals surface area contributed by atoms with Crippen LogP contribution in [-0.2, 0) is 13.5 Å². The molecule has 0 aliphatic heterocycles. The van der Waals surface area contributed by atoms with Gasteiger partial charge in [-0.2, -0.15) is 0 Å². The summed E-state index contributed by atoms with van der Waals surface area (Å²) in [6.07, 6.45) is 3.09. The Morgan fingerprint density at radius 1 is 1.19 bits per heavy atom. The molecule has 0 radical (unpaired) electrons. The molecular weight excluding hydrogens is 344 g/mol. The fourth-order valence-electron chi connectivity index (χ4n) is 2.77. The van der Waals surface area contributed by atoms with Crippen molar-refractivity contribution in [1.29, 1.82) is 0 Å². The molecule has 3 aromatic rings. The molecule has 6 nitrogen and oxygen atoms in total. The number of anilines is 1. The number of azo groups is 1. The van der Waals surface area contributed by atoms with Crippen LogP contribution in [0.1, 0.15) is 24.1 Å². The molecule has 0 atom stereocenters. The Balaban J connectivity index is 1.63. The summed E-state index contributed by atoms with van der Waals surface area (Å²) in [5.74, 6) is 1.17. The lowest BCUT2D eigenvalue weighted by Crippen LogP contribution is -2.36. The smallest absolute Gasteiger partial charge is 0.251 e. The summed E-state index contributed by atoms with van der Waals surface area (Å²) in [7, 11) is 2.10. The van der Waals surface area contributed by atoms with Gasteiger partial charge in [-0.25, -0.2) is 14.5 Å². The number of hydrogen-bond acceptors (Lipinski definition) is 5. The predicted molar refractivity (Wildman–Crippen MR) is 106 cm³/mol. The van der Waals surface area contributed by atoms with Crippen LogP contribution in [0.4, 0.5) is 16.5 Å². The van der Waals surface area contributed by atoms with Crippen LogP contribution in [0.2, 0.25) is 0 Å². The van der Waals surface area contributed by atoms with Crippen molar-refractivity contribution in [2.24, 2.45) is 17.3 Å². The molecule has 2 heterocycles. The second kappa shape index (κ2) is 8.23. The topological polar surface area (TPSA) is 60.5 Å². The lowest BCUT2D eigenvalue weighted by molar-refractivity contribution is -0.683. The molecule has 3 rings (SSSR count). The van der Waals surface area contributed by atoms with E-state index in [1.54, 1.807) is 0 Å². The number of nitrogens with zero attached hydrogens (tertiary/aromatic N) is 5. The summed E-state index contributed by atoms with van der Waals surface area (Å²) < 4.78 is 2.21. The van der Waals surface area contributed by atoms with Gasteiger partial charge in [0.2, 0.25) is 5.13 Å². The Morgan fingerprint density at radius 2 is 1.96 bits per heavy atom. The van der Waals surface area contributed by atoms with Crippen molar-refractivity contribution in [2.75, 3.05) is 18.0 Å². The van der Waals surface area contributed by atoms with Gasteiger partial charge in [0, 0.05) is 37.5 Å². The Labute approximate surface area is 158 Å². The standard InChI is InChI=1S/C19H24N6S/c1-5-25(11-10-18-12-20-15(3)24(18)4)17-8-6-16(7-9-17)22-23-19-21-14(2)13-26-19/h6-9,12-13H,5,10-11H2,1-4H3/p+1. The van der Waals surface area contributed by atoms with Crippen molar-refractivity contribution in [2.45, 2.75) is 27.2 Å². The first-order valence-electron chi connectivity index (χ1n) is 8.78. The highest BCUT2D eigenvalue weighted by Gasteiger charge is 2.12. The van der Waals surface area contributed by atoms with Crippen molar-refractivity contribution in [3.63, 3.8) is 0 Å². The largest absolute Gasteiger partial charge is 0.371 e. The first kappa shape index (κ1) is 18.3. The zero-order valence-electron chi connectivity index (χ0n) is 15.7. The zero-order valence-corrected chi connectivity index (χ0v) is 16.5. The Hall–Kier alpha value is -2.54. The van der Waals surface area contributed by atoms with Gasteiger partial charge in [0.15, 0.2) is 0 Å². The molecule has 0 bridgehead atoms. The van der Waals surface area contributed by atoms with Gasteiger partial charge < -0.3 is 4.90 Å². The second-order valence-electron chi connectivity index (χ2n) is 6.24. The molecule has 1 N–H and O–H groups in total. The summed E-state index contributed by atoms with van der Waals surface area (Å²) in [6, 6.07) is 8.21. The molecule has 26 heavy (non-hydrogen) atoms. The first-order valence-corrected chi connectivity index (χ1v) is 9.66. The van der Waals surface area contributed by atoms with Gasteiger partial charge >= 0.3 is 0 Å². The van der Waals surface area contributed by atoms with E-state index in [9.17, 15) is 0 Å². The minimum Gasteiger partial charge on any atom is -0.371 e. The number of imidazole rings is 1. The maximum atomic E-state index is 4.29. The molecular formula is C19H25N6S+. The van der Waals surface area contributed by atoms with Crippen LogP contribution in [0, 0.1) is 13.8 Å². The number of likely N-dealkylation sites (N-methyl/N-ethyl adjacent to an activating group) is 1. The van der Waals surface area contributed by atoms with Gasteiger partial charge in [0.1, 0.15) is 11.9 Å². The predicted octanol–water partition coefficient (Wildman–Crippen LogP) is 4.40. The summed E-state index contributed by atoms with van der Waals surface area (Å²) in [4.78, 5) is 9.93. The van der Waals surface area contributed by atoms with Crippen molar-refractivity contribution < 1.29 is 4.57 Å². The van der Waals surface area contributed by atoms with Crippen LogP contribution in [0.3, 0.4) is 0 Å². The van der Waals surface area contributed by atoms with E-state index in [4.69, 9.17) is 0 Å². The van der Waals surface area contributed by atoms with Crippen LogP contribution < -0.4 is 9.47 Å². The van der Waals surface area contributed by atoms with E-state index in [-0.39, 0.29) is 0 Å². The summed E-state index contributed by atoms with van der Waals surface area (Å²) >= 11 is 1.50. The van der Waals surface area contributed by atoms with Gasteiger partial charge in [-0.3, -0.25) is 0 Å². The average molecular weight is 370 g/mol. The maximum Gasteiger partial charge on any atom is 0.251 e. The highest BCUT2D eigenvalue weighted by Crippen LogP contribution is 2.24. The minimum atomic E-state index is 0.691. The van der Waals surface area contributed by atoms with Gasteiger partial charge in [-0.1, -0.05) is 0 Å². The number of aromatic nitrogens is 3. The van der Waals surface area contributed by atoms with Crippen LogP contribution in [0.25, 0.3) is 0 Å². The quantitative estimate of drug-likeness (QED) is 0.496. The second-order valence-corrected chi connectivity index (χ2v) is 7.08. The number of benzene rings is 1. The minimum absolute atomic E-state index is 0.691. The summed E-state index contributed by atoms with van der Waals surface area (Å²) in [5, 5.41) is 11.1. The van der Waals surface area contributed by atoms with Crippen LogP contribution >= 0.6 is 11.3 Å². The number of hydrogen-bond donors (Lipinski definition) is 1. The Bertz CT molecular complexity index is 878. The summed E-state index contributed by atoms with van der Waals surface area (Å²) in [5.41, 5.74) is 4.32. The maximum absolute atomic E-state index is 4.29. The molecule has 0 saturated heterocycles. The van der Waals surface area contributed by atoms with E-state index < -0.39 is 0 Å². The lowest BCUT2D eigenvalue weighted by atomic mass is 10.2. The number of H-pyrrole nitrogens is 1. The normalized spacial score (nSPS) is 11.4. The molecule has 0 aliphatic carbocycles. The molecule has 7 heteroatoms. The fourth-order valence-corrected chi connectivity index (χ4v) is 3.39. The van der Waals surface area contributed by atoms with E-state index in [0.717, 1.165) is 30.9 Å². The van der Waals surface area contributed by atoms with E-state index >= 15 is 0 Å². The highest BCUT2D eigenvalue weighted by molar-refractivity contribution is 7.13. The molecule has 0 unspecified atom stereocenters. The molecule has 136 valence electrons. The Kier molecular flexibility index (Phi) is 5.78. The van der Waals surface area contributed by atoms with Gasteiger partial charge in [-0.15, -0.1) is 21.6 Å². The number of rotatable bonds is 7. The third-order valence-corrected chi connectivity index (χ3v) is 5.32. The number of aryl methyl sites for hydroxylation is 2. The number of thiazole rings is 1. The van der Waals surface area contributed by atoms with Gasteiger partial charge in [-0.05, 0) is 38.1 Å². The van der Waals surface area contributed by atoms with Crippen molar-refractivity contribution in [3.05, 3.63) is 53.1 Å². The first-order chi connectivity index (χ1) is 12.6. The monoisotopic (exact) mass is 369 g/mol. The third kappa shape index (κ3) is 4.35. The molecule has 0 spiro atoms. The van der Waals surface area contributed by atoms with Crippen molar-refractivity contribution in [1.82, 2.24) is 9.97 Å². The summed E-state index contributed by atoms with van der Waals surface area (Å²) in [6.45, 7) is 8.16. The van der Waals surface area contributed by atoms with Gasteiger partial charge in [0.05, 0.1) is 18.4 Å². The SMILES string of the molecule is CCN(CCc1c[nH]c(C)[n+]1C)c1ccc(N=Nc2nc(C)cs2)cc1. The van der Waals surface area contributed by atoms with E-state index in [0.29, 0.717) is 5.13 Å². The third-order valence-electron chi connectivity index (χ3n) is 4.47. The van der Waals surface area contributed by atoms with Crippen LogP contribution in [-0.4, -0.2) is 23.1 Å². The van der Waals surface area contributed by atoms with E-state index in [2.05, 4.69) is 68.9 Å². The number of nitrogens with one attached hydrogen (secondary N) is 1. The van der Waals surface area contributed by atoms with E-state index in [1.165, 1.54) is 28.5 Å². The molecule has 0 amide bonds. The van der Waals surface area contributed by atoms with Gasteiger partial charge in [0.25, 0.3) is 5.82 Å². The van der Waals surface area contributed by atoms with E-state index in [1.807, 2.05) is 24.4 Å². The highest BCUT2D eigenvalue weighted by atomic mass is 32.1. The Morgan fingerprint density at radius 3 is 2.54 bits per heavy atom. The average Bonchev–Trinajstić information content (AvgIpc) is 3.21.